The van der Waals surface area contributed by atoms with Crippen LogP contribution in [-0.2, 0) is 0 Å². The fraction of sp³-hybridized carbons (Fsp3) is 0.556. The van der Waals surface area contributed by atoms with Crippen LogP contribution in [0.1, 0.15) is 6.42 Å². The molecule has 2 rings (SSSR count). The maximum atomic E-state index is 5.48. The molecule has 0 spiro atoms. The van der Waals surface area contributed by atoms with Gasteiger partial charge in [-0.15, -0.1) is 0 Å². The first-order valence-electron chi connectivity index (χ1n) is 4.54. The Kier molecular flexibility index (Phi) is 2.72. The highest BCUT2D eigenvalue weighted by molar-refractivity contribution is 5.01. The second kappa shape index (κ2) is 4.18. The van der Waals surface area contributed by atoms with Crippen molar-refractivity contribution in [3.63, 3.8) is 0 Å². The van der Waals surface area contributed by atoms with Gasteiger partial charge in [-0.1, -0.05) is 0 Å². The van der Waals surface area contributed by atoms with E-state index in [1.807, 2.05) is 0 Å². The van der Waals surface area contributed by atoms with Gasteiger partial charge in [0, 0.05) is 24.9 Å². The number of nitrogens with zero attached hydrogens (tertiary/aromatic N) is 2. The third-order valence-corrected chi connectivity index (χ3v) is 2.17. The van der Waals surface area contributed by atoms with Crippen molar-refractivity contribution in [2.45, 2.75) is 6.42 Å². The second-order valence-corrected chi connectivity index (χ2v) is 3.21. The molecule has 70 valence electrons. The second-order valence-electron chi connectivity index (χ2n) is 3.21. The van der Waals surface area contributed by atoms with Gasteiger partial charge in [-0.2, -0.15) is 0 Å². The SMILES string of the molecule is c1cnc(OC[C@H]2CCNC2)cn1. The Balaban J connectivity index is 1.79. The lowest BCUT2D eigenvalue weighted by molar-refractivity contribution is 0.250. The van der Waals surface area contributed by atoms with E-state index in [0.717, 1.165) is 19.7 Å². The van der Waals surface area contributed by atoms with Gasteiger partial charge in [-0.05, 0) is 13.0 Å². The Bertz CT molecular complexity index is 246. The van der Waals surface area contributed by atoms with E-state index >= 15 is 0 Å². The van der Waals surface area contributed by atoms with Crippen LogP contribution in [0.25, 0.3) is 0 Å². The van der Waals surface area contributed by atoms with Crippen LogP contribution in [0.3, 0.4) is 0 Å². The minimum absolute atomic E-state index is 0.620. The molecule has 0 radical (unpaired) electrons. The van der Waals surface area contributed by atoms with Gasteiger partial charge in [0.05, 0.1) is 12.8 Å². The molecule has 1 aromatic heterocycles. The molecular weight excluding hydrogens is 166 g/mol. The molecule has 4 nitrogen and oxygen atoms in total. The number of aromatic nitrogens is 2. The smallest absolute Gasteiger partial charge is 0.232 e. The predicted molar refractivity (Wildman–Crippen MR) is 48.5 cm³/mol. The molecule has 0 unspecified atom stereocenters. The molecular formula is C9H13N3O. The summed E-state index contributed by atoms with van der Waals surface area (Å²) in [5.74, 6) is 1.25. The Hall–Kier alpha value is -1.16. The van der Waals surface area contributed by atoms with E-state index in [1.165, 1.54) is 6.42 Å². The molecule has 1 saturated heterocycles. The summed E-state index contributed by atoms with van der Waals surface area (Å²) in [7, 11) is 0. The van der Waals surface area contributed by atoms with Crippen LogP contribution >= 0.6 is 0 Å². The van der Waals surface area contributed by atoms with E-state index in [1.54, 1.807) is 18.6 Å². The van der Waals surface area contributed by atoms with Crippen LogP contribution in [-0.4, -0.2) is 29.7 Å². The molecule has 1 aliphatic rings. The van der Waals surface area contributed by atoms with E-state index in [-0.39, 0.29) is 0 Å². The largest absolute Gasteiger partial charge is 0.476 e. The molecule has 13 heavy (non-hydrogen) atoms. The average molecular weight is 179 g/mol. The monoisotopic (exact) mass is 179 g/mol. The number of hydrogen-bond donors (Lipinski definition) is 1. The van der Waals surface area contributed by atoms with E-state index < -0.39 is 0 Å². The Labute approximate surface area is 77.4 Å². The van der Waals surface area contributed by atoms with Crippen LogP contribution in [0.2, 0.25) is 0 Å². The van der Waals surface area contributed by atoms with Crippen molar-refractivity contribution >= 4 is 0 Å². The highest BCUT2D eigenvalue weighted by Gasteiger charge is 2.14. The zero-order chi connectivity index (χ0) is 8.93. The summed E-state index contributed by atoms with van der Waals surface area (Å²) in [6.07, 6.45) is 6.12. The van der Waals surface area contributed by atoms with Gasteiger partial charge in [0.2, 0.25) is 5.88 Å². The van der Waals surface area contributed by atoms with Crippen molar-refractivity contribution in [2.24, 2.45) is 5.92 Å². The van der Waals surface area contributed by atoms with Crippen LogP contribution < -0.4 is 10.1 Å². The lowest BCUT2D eigenvalue weighted by atomic mass is 10.1. The first kappa shape index (κ1) is 8.44. The Morgan fingerprint density at radius 3 is 3.23 bits per heavy atom. The number of nitrogens with one attached hydrogen (secondary N) is 1. The van der Waals surface area contributed by atoms with Gasteiger partial charge >= 0.3 is 0 Å². The molecule has 1 fully saturated rings. The Morgan fingerprint density at radius 2 is 2.54 bits per heavy atom. The zero-order valence-corrected chi connectivity index (χ0v) is 7.44. The van der Waals surface area contributed by atoms with Crippen LogP contribution in [0.5, 0.6) is 5.88 Å². The fourth-order valence-corrected chi connectivity index (χ4v) is 1.42. The summed E-state index contributed by atoms with van der Waals surface area (Å²) in [6.45, 7) is 2.90. The Morgan fingerprint density at radius 1 is 1.54 bits per heavy atom. The molecule has 0 aliphatic carbocycles. The van der Waals surface area contributed by atoms with Crippen molar-refractivity contribution in [1.29, 1.82) is 0 Å². The van der Waals surface area contributed by atoms with Gasteiger partial charge in [0.25, 0.3) is 0 Å². The summed E-state index contributed by atoms with van der Waals surface area (Å²) in [5.41, 5.74) is 0. The third-order valence-electron chi connectivity index (χ3n) is 2.17. The quantitative estimate of drug-likeness (QED) is 0.732. The van der Waals surface area contributed by atoms with E-state index in [4.69, 9.17) is 4.74 Å². The van der Waals surface area contributed by atoms with Crippen molar-refractivity contribution < 1.29 is 4.74 Å². The summed E-state index contributed by atoms with van der Waals surface area (Å²) in [6, 6.07) is 0. The minimum atomic E-state index is 0.620. The summed E-state index contributed by atoms with van der Waals surface area (Å²) < 4.78 is 5.48. The molecule has 1 N–H and O–H groups in total. The minimum Gasteiger partial charge on any atom is -0.476 e. The van der Waals surface area contributed by atoms with Crippen LogP contribution in [0, 0.1) is 5.92 Å². The number of rotatable bonds is 3. The highest BCUT2D eigenvalue weighted by atomic mass is 16.5. The standard InChI is InChI=1S/C9H13N3O/c1-2-10-5-8(1)7-13-9-6-11-3-4-12-9/h3-4,6,8,10H,1-2,5,7H2/t8-/m0/s1. The van der Waals surface area contributed by atoms with Gasteiger partial charge in [0.15, 0.2) is 0 Å². The van der Waals surface area contributed by atoms with Crippen molar-refractivity contribution in [3.05, 3.63) is 18.6 Å². The first-order chi connectivity index (χ1) is 6.45. The summed E-state index contributed by atoms with van der Waals surface area (Å²) >= 11 is 0. The van der Waals surface area contributed by atoms with Crippen LogP contribution in [0.15, 0.2) is 18.6 Å². The van der Waals surface area contributed by atoms with Gasteiger partial charge in [-0.3, -0.25) is 4.98 Å². The van der Waals surface area contributed by atoms with E-state index in [0.29, 0.717) is 11.8 Å². The van der Waals surface area contributed by atoms with Gasteiger partial charge in [0.1, 0.15) is 0 Å². The molecule has 0 amide bonds. The lowest BCUT2D eigenvalue weighted by Crippen LogP contribution is -2.15. The molecule has 1 aromatic rings. The zero-order valence-electron chi connectivity index (χ0n) is 7.44. The number of hydrogen-bond acceptors (Lipinski definition) is 4. The lowest BCUT2D eigenvalue weighted by Gasteiger charge is -2.08. The van der Waals surface area contributed by atoms with Gasteiger partial charge in [-0.25, -0.2) is 4.98 Å². The van der Waals surface area contributed by atoms with E-state index in [2.05, 4.69) is 15.3 Å². The fourth-order valence-electron chi connectivity index (χ4n) is 1.42. The normalized spacial score (nSPS) is 21.7. The molecule has 1 atom stereocenters. The van der Waals surface area contributed by atoms with E-state index in [9.17, 15) is 0 Å². The predicted octanol–water partition coefficient (Wildman–Crippen LogP) is 0.465. The highest BCUT2D eigenvalue weighted by Crippen LogP contribution is 2.09. The van der Waals surface area contributed by atoms with Gasteiger partial charge < -0.3 is 10.1 Å². The third kappa shape index (κ3) is 2.39. The number of ether oxygens (including phenoxy) is 1. The molecule has 1 aliphatic heterocycles. The topological polar surface area (TPSA) is 47.0 Å². The molecule has 2 heterocycles. The summed E-state index contributed by atoms with van der Waals surface area (Å²) in [4.78, 5) is 7.96. The molecule has 0 bridgehead atoms. The molecule has 0 aromatic carbocycles. The molecule has 4 heteroatoms. The van der Waals surface area contributed by atoms with Crippen LogP contribution in [0.4, 0.5) is 0 Å². The molecule has 0 saturated carbocycles. The van der Waals surface area contributed by atoms with Crippen molar-refractivity contribution in [3.8, 4) is 5.88 Å². The summed E-state index contributed by atoms with van der Waals surface area (Å²) in [5, 5.41) is 3.29. The first-order valence-corrected chi connectivity index (χ1v) is 4.54. The maximum absolute atomic E-state index is 5.48. The van der Waals surface area contributed by atoms with Crippen molar-refractivity contribution in [1.82, 2.24) is 15.3 Å². The van der Waals surface area contributed by atoms with Crippen molar-refractivity contribution in [2.75, 3.05) is 19.7 Å². The maximum Gasteiger partial charge on any atom is 0.232 e. The average Bonchev–Trinajstić information content (AvgIpc) is 2.69.